The predicted molar refractivity (Wildman–Crippen MR) is 93.9 cm³/mol. The first kappa shape index (κ1) is 16.5. The van der Waals surface area contributed by atoms with Crippen LogP contribution >= 0.6 is 15.9 Å². The number of fused-ring (bicyclic) bond motifs is 1. The standard InChI is InChI=1S/C18H17BrN2O3/c19-14-7-3-1-5-12(14)18(23)20-11-17(22)21-15-9-10-24-16-8-4-2-6-13(15)16/h1-8,15H,9-11H2,(H,20,23)(H,21,22)/t15-/m0/s1. The van der Waals surface area contributed by atoms with Crippen LogP contribution < -0.4 is 15.4 Å². The molecule has 1 atom stereocenters. The van der Waals surface area contributed by atoms with Gasteiger partial charge in [0, 0.05) is 16.5 Å². The number of carbonyl (C=O) groups is 2. The highest BCUT2D eigenvalue weighted by molar-refractivity contribution is 9.10. The molecule has 0 saturated heterocycles. The van der Waals surface area contributed by atoms with Gasteiger partial charge in [0.25, 0.3) is 5.91 Å². The molecule has 2 aromatic carbocycles. The number of halogens is 1. The van der Waals surface area contributed by atoms with Crippen LogP contribution in [0, 0.1) is 0 Å². The summed E-state index contributed by atoms with van der Waals surface area (Å²) in [6, 6.07) is 14.7. The van der Waals surface area contributed by atoms with Crippen molar-refractivity contribution in [2.75, 3.05) is 13.2 Å². The highest BCUT2D eigenvalue weighted by atomic mass is 79.9. The van der Waals surface area contributed by atoms with E-state index in [0.29, 0.717) is 23.1 Å². The van der Waals surface area contributed by atoms with E-state index in [-0.39, 0.29) is 24.4 Å². The van der Waals surface area contributed by atoms with Gasteiger partial charge in [-0.15, -0.1) is 0 Å². The second-order valence-electron chi connectivity index (χ2n) is 5.46. The fourth-order valence-corrected chi connectivity index (χ4v) is 3.10. The van der Waals surface area contributed by atoms with Crippen LogP contribution in [0.1, 0.15) is 28.4 Å². The van der Waals surface area contributed by atoms with Gasteiger partial charge in [-0.2, -0.15) is 0 Å². The molecule has 24 heavy (non-hydrogen) atoms. The summed E-state index contributed by atoms with van der Waals surface area (Å²) in [7, 11) is 0. The molecular formula is C18H17BrN2O3. The summed E-state index contributed by atoms with van der Waals surface area (Å²) in [5, 5.41) is 5.59. The first-order valence-electron chi connectivity index (χ1n) is 7.69. The number of hydrogen-bond acceptors (Lipinski definition) is 3. The van der Waals surface area contributed by atoms with Gasteiger partial charge in [0.2, 0.25) is 5.91 Å². The van der Waals surface area contributed by atoms with Crippen molar-refractivity contribution < 1.29 is 14.3 Å². The van der Waals surface area contributed by atoms with Crippen LogP contribution in [-0.2, 0) is 4.79 Å². The topological polar surface area (TPSA) is 67.4 Å². The molecule has 2 amide bonds. The summed E-state index contributed by atoms with van der Waals surface area (Å²) in [6.07, 6.45) is 0.709. The smallest absolute Gasteiger partial charge is 0.252 e. The summed E-state index contributed by atoms with van der Waals surface area (Å²) in [4.78, 5) is 24.3. The Morgan fingerprint density at radius 1 is 1.12 bits per heavy atom. The number of para-hydroxylation sites is 1. The lowest BCUT2D eigenvalue weighted by molar-refractivity contribution is -0.121. The number of rotatable bonds is 4. The highest BCUT2D eigenvalue weighted by Gasteiger charge is 2.22. The molecule has 1 aliphatic heterocycles. The number of benzene rings is 2. The summed E-state index contributed by atoms with van der Waals surface area (Å²) < 4.78 is 6.27. The van der Waals surface area contributed by atoms with E-state index in [1.807, 2.05) is 30.3 Å². The molecule has 124 valence electrons. The molecule has 0 aromatic heterocycles. The normalized spacial score (nSPS) is 15.8. The van der Waals surface area contributed by atoms with E-state index < -0.39 is 0 Å². The maximum Gasteiger partial charge on any atom is 0.252 e. The quantitative estimate of drug-likeness (QED) is 0.845. The van der Waals surface area contributed by atoms with Gasteiger partial charge >= 0.3 is 0 Å². The molecule has 1 heterocycles. The molecular weight excluding hydrogens is 372 g/mol. The Labute approximate surface area is 148 Å². The second-order valence-corrected chi connectivity index (χ2v) is 6.31. The minimum absolute atomic E-state index is 0.0698. The third-order valence-corrected chi connectivity index (χ3v) is 4.51. The van der Waals surface area contributed by atoms with E-state index in [9.17, 15) is 9.59 Å². The number of hydrogen-bond donors (Lipinski definition) is 2. The first-order chi connectivity index (χ1) is 11.6. The van der Waals surface area contributed by atoms with Gasteiger partial charge in [0.05, 0.1) is 24.8 Å². The molecule has 6 heteroatoms. The molecule has 0 radical (unpaired) electrons. The van der Waals surface area contributed by atoms with Crippen molar-refractivity contribution in [1.82, 2.24) is 10.6 Å². The van der Waals surface area contributed by atoms with Crippen molar-refractivity contribution in [3.05, 3.63) is 64.1 Å². The minimum Gasteiger partial charge on any atom is -0.493 e. The Morgan fingerprint density at radius 3 is 2.71 bits per heavy atom. The lowest BCUT2D eigenvalue weighted by atomic mass is 10.0. The lowest BCUT2D eigenvalue weighted by Crippen LogP contribution is -2.40. The van der Waals surface area contributed by atoms with Crippen molar-refractivity contribution in [2.24, 2.45) is 0 Å². The molecule has 0 fully saturated rings. The second kappa shape index (κ2) is 7.49. The fraction of sp³-hybridized carbons (Fsp3) is 0.222. The molecule has 0 aliphatic carbocycles. The van der Waals surface area contributed by atoms with Gasteiger partial charge in [-0.25, -0.2) is 0 Å². The van der Waals surface area contributed by atoms with Gasteiger partial charge in [-0.1, -0.05) is 30.3 Å². The van der Waals surface area contributed by atoms with Gasteiger partial charge in [-0.3, -0.25) is 9.59 Å². The summed E-state index contributed by atoms with van der Waals surface area (Å²) in [5.74, 6) is 0.286. The third kappa shape index (κ3) is 3.76. The Kier molecular flexibility index (Phi) is 5.15. The van der Waals surface area contributed by atoms with Crippen molar-refractivity contribution in [1.29, 1.82) is 0 Å². The summed E-state index contributed by atoms with van der Waals surface area (Å²) in [5.41, 5.74) is 1.47. The van der Waals surface area contributed by atoms with Crippen LogP contribution in [0.15, 0.2) is 53.0 Å². The number of ether oxygens (including phenoxy) is 1. The Balaban J connectivity index is 1.57. The monoisotopic (exact) mass is 388 g/mol. The van der Waals surface area contributed by atoms with Crippen molar-refractivity contribution in [2.45, 2.75) is 12.5 Å². The van der Waals surface area contributed by atoms with Crippen LogP contribution in [0.5, 0.6) is 5.75 Å². The number of nitrogens with one attached hydrogen (secondary N) is 2. The SMILES string of the molecule is O=C(CNC(=O)c1ccccc1Br)N[C@H]1CCOc2ccccc21. The highest BCUT2D eigenvalue weighted by Crippen LogP contribution is 2.31. The van der Waals surface area contributed by atoms with Gasteiger partial charge in [0.1, 0.15) is 5.75 Å². The first-order valence-corrected chi connectivity index (χ1v) is 8.48. The van der Waals surface area contributed by atoms with Crippen LogP contribution in [0.4, 0.5) is 0 Å². The Bertz CT molecular complexity index is 763. The van der Waals surface area contributed by atoms with E-state index in [1.165, 1.54) is 0 Å². The minimum atomic E-state index is -0.287. The maximum absolute atomic E-state index is 12.2. The molecule has 3 rings (SSSR count). The van der Waals surface area contributed by atoms with Gasteiger partial charge in [0.15, 0.2) is 0 Å². The maximum atomic E-state index is 12.2. The summed E-state index contributed by atoms with van der Waals surface area (Å²) in [6.45, 7) is 0.491. The van der Waals surface area contributed by atoms with Gasteiger partial charge < -0.3 is 15.4 Å². The van der Waals surface area contributed by atoms with Gasteiger partial charge in [-0.05, 0) is 34.1 Å². The van der Waals surface area contributed by atoms with Crippen LogP contribution in [0.25, 0.3) is 0 Å². The largest absolute Gasteiger partial charge is 0.493 e. The van der Waals surface area contributed by atoms with Crippen LogP contribution in [0.2, 0.25) is 0 Å². The van der Waals surface area contributed by atoms with E-state index in [2.05, 4.69) is 26.6 Å². The van der Waals surface area contributed by atoms with E-state index in [0.717, 1.165) is 11.3 Å². The third-order valence-electron chi connectivity index (χ3n) is 3.82. The van der Waals surface area contributed by atoms with Crippen LogP contribution in [0.3, 0.4) is 0 Å². The van der Waals surface area contributed by atoms with E-state index in [4.69, 9.17) is 4.74 Å². The summed E-state index contributed by atoms with van der Waals surface area (Å²) >= 11 is 3.33. The molecule has 2 N–H and O–H groups in total. The van der Waals surface area contributed by atoms with E-state index in [1.54, 1.807) is 18.2 Å². The fourth-order valence-electron chi connectivity index (χ4n) is 2.64. The van der Waals surface area contributed by atoms with E-state index >= 15 is 0 Å². The molecule has 0 bridgehead atoms. The molecule has 5 nitrogen and oxygen atoms in total. The Morgan fingerprint density at radius 2 is 1.88 bits per heavy atom. The Hall–Kier alpha value is -2.34. The molecule has 2 aromatic rings. The molecule has 1 aliphatic rings. The molecule has 0 spiro atoms. The zero-order valence-corrected chi connectivity index (χ0v) is 14.5. The predicted octanol–water partition coefficient (Wildman–Crippen LogP) is 2.82. The zero-order valence-electron chi connectivity index (χ0n) is 12.9. The average Bonchev–Trinajstić information content (AvgIpc) is 2.60. The number of carbonyl (C=O) groups excluding carboxylic acids is 2. The molecule has 0 unspecified atom stereocenters. The zero-order chi connectivity index (χ0) is 16.9. The molecule has 0 saturated carbocycles. The van der Waals surface area contributed by atoms with Crippen molar-refractivity contribution in [3.63, 3.8) is 0 Å². The lowest BCUT2D eigenvalue weighted by Gasteiger charge is -2.26. The average molecular weight is 389 g/mol. The van der Waals surface area contributed by atoms with Crippen molar-refractivity contribution >= 4 is 27.7 Å². The number of amides is 2. The van der Waals surface area contributed by atoms with Crippen LogP contribution in [-0.4, -0.2) is 25.0 Å². The van der Waals surface area contributed by atoms with Crippen molar-refractivity contribution in [3.8, 4) is 5.75 Å².